The molecule has 0 atom stereocenters. The van der Waals surface area contributed by atoms with Crippen LogP contribution in [0.4, 0.5) is 0 Å². The van der Waals surface area contributed by atoms with Crippen molar-refractivity contribution < 1.29 is 5.11 Å². The molecule has 4 rings (SSSR count). The summed E-state index contributed by atoms with van der Waals surface area (Å²) in [5, 5.41) is 19.1. The van der Waals surface area contributed by atoms with Gasteiger partial charge < -0.3 is 10.0 Å². The normalized spacial score (nSPS) is 19.5. The first kappa shape index (κ1) is 22.9. The summed E-state index contributed by atoms with van der Waals surface area (Å²) in [6.07, 6.45) is 3.37. The fraction of sp³-hybridized carbons (Fsp3) is 0.519. The number of likely N-dealkylation sites (N-methyl/N-ethyl adjacent to an activating group) is 1. The molecule has 0 radical (unpaired) electrons. The molecule has 2 aromatic rings. The smallest absolute Gasteiger partial charge is 0.0998 e. The predicted molar refractivity (Wildman–Crippen MR) is 129 cm³/mol. The highest BCUT2D eigenvalue weighted by Gasteiger charge is 2.18. The summed E-state index contributed by atoms with van der Waals surface area (Å²) in [7, 11) is 2.19. The summed E-state index contributed by atoms with van der Waals surface area (Å²) in [6.45, 7) is 8.76. The van der Waals surface area contributed by atoms with Crippen LogP contribution in [0, 0.1) is 17.2 Å². The van der Waals surface area contributed by atoms with Gasteiger partial charge in [0, 0.05) is 32.8 Å². The molecule has 2 fully saturated rings. The Morgan fingerprint density at radius 3 is 2.28 bits per heavy atom. The van der Waals surface area contributed by atoms with E-state index in [1.807, 2.05) is 0 Å². The average molecular weight is 433 g/mol. The molecule has 0 saturated carbocycles. The van der Waals surface area contributed by atoms with Crippen molar-refractivity contribution in [1.82, 2.24) is 14.7 Å². The zero-order valence-corrected chi connectivity index (χ0v) is 19.3. The lowest BCUT2D eigenvalue weighted by molar-refractivity contribution is 0.127. The lowest BCUT2D eigenvalue weighted by Crippen LogP contribution is -2.34. The molecule has 0 aliphatic carbocycles. The summed E-state index contributed by atoms with van der Waals surface area (Å²) in [4.78, 5) is 7.36. The van der Waals surface area contributed by atoms with Gasteiger partial charge in [0.15, 0.2) is 0 Å². The van der Waals surface area contributed by atoms with Crippen molar-refractivity contribution in [2.45, 2.75) is 32.4 Å². The molecule has 0 spiro atoms. The van der Waals surface area contributed by atoms with E-state index >= 15 is 0 Å². The highest BCUT2D eigenvalue weighted by molar-refractivity contribution is 5.71. The Kier molecular flexibility index (Phi) is 7.94. The van der Waals surface area contributed by atoms with Gasteiger partial charge in [-0.1, -0.05) is 36.4 Å². The number of nitrogens with zero attached hydrogens (tertiary/aromatic N) is 4. The number of likely N-dealkylation sites (tertiary alicyclic amines) is 1. The van der Waals surface area contributed by atoms with E-state index in [0.29, 0.717) is 12.5 Å². The third kappa shape index (κ3) is 5.96. The van der Waals surface area contributed by atoms with Gasteiger partial charge in [0.05, 0.1) is 11.6 Å². The van der Waals surface area contributed by atoms with Crippen molar-refractivity contribution in [1.29, 1.82) is 5.26 Å². The molecule has 0 bridgehead atoms. The molecule has 5 heteroatoms. The fourth-order valence-corrected chi connectivity index (χ4v) is 4.93. The summed E-state index contributed by atoms with van der Waals surface area (Å²) < 4.78 is 0. The standard InChI is InChI=1S/C27H36N4O/c1-29-11-2-12-30(16-15-29)20-24-5-8-27(26(17-24)18-28)25-6-3-22(4-7-25)19-31-13-9-23(21-32)10-14-31/h3-8,17,23,32H,2,9-16,19-21H2,1H3. The number of aliphatic hydroxyl groups is 1. The molecule has 32 heavy (non-hydrogen) atoms. The first-order valence-corrected chi connectivity index (χ1v) is 12.0. The first-order chi connectivity index (χ1) is 15.6. The maximum Gasteiger partial charge on any atom is 0.0998 e. The van der Waals surface area contributed by atoms with Gasteiger partial charge in [0.2, 0.25) is 0 Å². The van der Waals surface area contributed by atoms with E-state index in [1.165, 1.54) is 17.5 Å². The third-order valence-electron chi connectivity index (χ3n) is 7.06. The van der Waals surface area contributed by atoms with Crippen molar-refractivity contribution in [3.05, 3.63) is 59.2 Å². The molecule has 2 heterocycles. The van der Waals surface area contributed by atoms with Crippen LogP contribution in [0.2, 0.25) is 0 Å². The van der Waals surface area contributed by atoms with Crippen molar-refractivity contribution in [2.24, 2.45) is 5.92 Å². The minimum atomic E-state index is 0.317. The van der Waals surface area contributed by atoms with Gasteiger partial charge in [-0.15, -0.1) is 0 Å². The van der Waals surface area contributed by atoms with Crippen LogP contribution in [-0.2, 0) is 13.1 Å². The van der Waals surface area contributed by atoms with E-state index in [4.69, 9.17) is 0 Å². The third-order valence-corrected chi connectivity index (χ3v) is 7.06. The number of nitriles is 1. The number of piperidine rings is 1. The van der Waals surface area contributed by atoms with E-state index in [1.54, 1.807) is 0 Å². The van der Waals surface area contributed by atoms with E-state index in [9.17, 15) is 10.4 Å². The molecule has 170 valence electrons. The molecular weight excluding hydrogens is 396 g/mol. The van der Waals surface area contributed by atoms with Crippen molar-refractivity contribution in [2.75, 3.05) is 52.9 Å². The number of benzene rings is 2. The second-order valence-corrected chi connectivity index (χ2v) is 9.52. The van der Waals surface area contributed by atoms with Crippen LogP contribution in [0.3, 0.4) is 0 Å². The second-order valence-electron chi connectivity index (χ2n) is 9.52. The number of hydrogen-bond acceptors (Lipinski definition) is 5. The average Bonchev–Trinajstić information content (AvgIpc) is 3.04. The molecule has 0 aromatic heterocycles. The monoisotopic (exact) mass is 432 g/mol. The maximum atomic E-state index is 9.81. The van der Waals surface area contributed by atoms with Gasteiger partial charge in [-0.3, -0.25) is 9.80 Å². The lowest BCUT2D eigenvalue weighted by Gasteiger charge is -2.31. The van der Waals surface area contributed by atoms with Gasteiger partial charge in [0.25, 0.3) is 0 Å². The molecular formula is C27H36N4O. The lowest BCUT2D eigenvalue weighted by atomic mass is 9.96. The highest BCUT2D eigenvalue weighted by Crippen LogP contribution is 2.26. The van der Waals surface area contributed by atoms with Crippen LogP contribution in [-0.4, -0.2) is 72.7 Å². The van der Waals surface area contributed by atoms with Crippen LogP contribution >= 0.6 is 0 Å². The predicted octanol–water partition coefficient (Wildman–Crippen LogP) is 3.57. The molecule has 5 nitrogen and oxygen atoms in total. The molecule has 2 saturated heterocycles. The Labute approximate surface area is 192 Å². The minimum absolute atomic E-state index is 0.317. The van der Waals surface area contributed by atoms with Crippen LogP contribution < -0.4 is 0 Å². The highest BCUT2D eigenvalue weighted by atomic mass is 16.3. The Balaban J connectivity index is 1.40. The Bertz CT molecular complexity index is 912. The SMILES string of the molecule is CN1CCCN(Cc2ccc(-c3ccc(CN4CCC(CO)CC4)cc3)c(C#N)c2)CC1. The van der Waals surface area contributed by atoms with E-state index in [2.05, 4.69) is 70.3 Å². The largest absolute Gasteiger partial charge is 0.396 e. The van der Waals surface area contributed by atoms with Crippen LogP contribution in [0.15, 0.2) is 42.5 Å². The van der Waals surface area contributed by atoms with E-state index in [0.717, 1.165) is 81.9 Å². The van der Waals surface area contributed by atoms with Crippen LogP contribution in [0.5, 0.6) is 0 Å². The van der Waals surface area contributed by atoms with E-state index < -0.39 is 0 Å². The van der Waals surface area contributed by atoms with Crippen LogP contribution in [0.25, 0.3) is 11.1 Å². The van der Waals surface area contributed by atoms with Crippen LogP contribution in [0.1, 0.15) is 36.0 Å². The summed E-state index contributed by atoms with van der Waals surface area (Å²) in [5.41, 5.74) is 5.40. The number of rotatable bonds is 6. The Morgan fingerprint density at radius 2 is 1.56 bits per heavy atom. The number of hydrogen-bond donors (Lipinski definition) is 1. The van der Waals surface area contributed by atoms with Crippen molar-refractivity contribution in [3.8, 4) is 17.2 Å². The summed E-state index contributed by atoms with van der Waals surface area (Å²) in [6, 6.07) is 17.5. The van der Waals surface area contributed by atoms with Gasteiger partial charge in [0.1, 0.15) is 0 Å². The first-order valence-electron chi connectivity index (χ1n) is 12.0. The molecule has 2 aliphatic heterocycles. The number of aliphatic hydroxyl groups excluding tert-OH is 1. The molecule has 0 unspecified atom stereocenters. The Hall–Kier alpha value is -2.23. The molecule has 2 aromatic carbocycles. The molecule has 1 N–H and O–H groups in total. The zero-order valence-electron chi connectivity index (χ0n) is 19.3. The van der Waals surface area contributed by atoms with Crippen molar-refractivity contribution >= 4 is 0 Å². The summed E-state index contributed by atoms with van der Waals surface area (Å²) in [5.74, 6) is 0.474. The van der Waals surface area contributed by atoms with Crippen molar-refractivity contribution in [3.63, 3.8) is 0 Å². The molecule has 2 aliphatic rings. The second kappa shape index (κ2) is 11.1. The molecule has 0 amide bonds. The van der Waals surface area contributed by atoms with Gasteiger partial charge >= 0.3 is 0 Å². The maximum absolute atomic E-state index is 9.81. The quantitative estimate of drug-likeness (QED) is 0.756. The Morgan fingerprint density at radius 1 is 0.875 bits per heavy atom. The van der Waals surface area contributed by atoms with Gasteiger partial charge in [-0.2, -0.15) is 5.26 Å². The zero-order chi connectivity index (χ0) is 22.3. The minimum Gasteiger partial charge on any atom is -0.396 e. The topological polar surface area (TPSA) is 53.7 Å². The summed E-state index contributed by atoms with van der Waals surface area (Å²) >= 11 is 0. The van der Waals surface area contributed by atoms with E-state index in [-0.39, 0.29) is 0 Å². The fourth-order valence-electron chi connectivity index (χ4n) is 4.93. The van der Waals surface area contributed by atoms with Gasteiger partial charge in [-0.25, -0.2) is 0 Å². The van der Waals surface area contributed by atoms with Gasteiger partial charge in [-0.05, 0) is 86.7 Å².